The number of amides is 4. The Morgan fingerprint density at radius 2 is 1.62 bits per heavy atom. The van der Waals surface area contributed by atoms with Gasteiger partial charge in [-0.3, -0.25) is 24.1 Å². The zero-order valence-electron chi connectivity index (χ0n) is 41.6. The van der Waals surface area contributed by atoms with E-state index in [1.54, 1.807) is 35.2 Å². The number of oxazole rings is 1. The molecule has 2 fully saturated rings. The third-order valence-electron chi connectivity index (χ3n) is 13.0. The van der Waals surface area contributed by atoms with Crippen LogP contribution in [0, 0.1) is 29.5 Å². The van der Waals surface area contributed by atoms with E-state index in [4.69, 9.17) is 26.1 Å². The van der Waals surface area contributed by atoms with E-state index in [9.17, 15) is 37.6 Å². The number of hydrogen-bond donors (Lipinski definition) is 2. The molecule has 19 heteroatoms. The van der Waals surface area contributed by atoms with Crippen LogP contribution in [0.1, 0.15) is 95.7 Å². The molecule has 0 saturated carbocycles. The molecule has 0 spiro atoms. The molecule has 0 radical (unpaired) electrons. The molecule has 5 aromatic rings. The second-order valence-corrected chi connectivity index (χ2v) is 20.0. The Labute approximate surface area is 426 Å². The molecule has 3 heterocycles. The maximum absolute atomic E-state index is 15.9. The molecule has 2 N–H and O–H groups in total. The van der Waals surface area contributed by atoms with Crippen LogP contribution in [0.5, 0.6) is 5.75 Å². The minimum absolute atomic E-state index is 0.0491. The zero-order valence-corrected chi connectivity index (χ0v) is 42.4. The molecule has 0 aliphatic carbocycles. The van der Waals surface area contributed by atoms with Crippen molar-refractivity contribution in [2.24, 2.45) is 5.41 Å². The van der Waals surface area contributed by atoms with E-state index in [2.05, 4.69) is 15.6 Å². The van der Waals surface area contributed by atoms with E-state index < -0.39 is 58.0 Å². The van der Waals surface area contributed by atoms with Crippen molar-refractivity contribution in [3.8, 4) is 34.3 Å². The molecule has 4 amide bonds. The Kier molecular flexibility index (Phi) is 16.1. The van der Waals surface area contributed by atoms with Crippen LogP contribution in [0.4, 0.5) is 28.9 Å². The van der Waals surface area contributed by atoms with Gasteiger partial charge in [0, 0.05) is 18.7 Å². The molecule has 73 heavy (non-hydrogen) atoms. The van der Waals surface area contributed by atoms with Crippen LogP contribution >= 0.6 is 12.2 Å². The minimum Gasteiger partial charge on any atom is -0.494 e. The van der Waals surface area contributed by atoms with Crippen LogP contribution in [0.15, 0.2) is 95.7 Å². The summed E-state index contributed by atoms with van der Waals surface area (Å²) in [6.07, 6.45) is -1.13. The van der Waals surface area contributed by atoms with Gasteiger partial charge in [0.1, 0.15) is 35.8 Å². The van der Waals surface area contributed by atoms with Gasteiger partial charge in [0.15, 0.2) is 17.3 Å². The predicted octanol–water partition coefficient (Wildman–Crippen LogP) is 9.84. The number of unbranched alkanes of at least 4 members (excludes halogenated alkanes) is 1. The summed E-state index contributed by atoms with van der Waals surface area (Å²) in [5.41, 5.74) is -0.507. The zero-order chi connectivity index (χ0) is 53.0. The SMILES string of the molecule is Cc1ncoc1-c1ccc([C@H](C)NC(=O)[C@@H]2CCCN2C(=O)C(NC(=O)COCCCCOc2ccc(-c3ccc(N4C(=S)N(c5ccc(C#N)c(C(F)(F)F)c5)C(=O)C4(C)C)c(F)c3)cc2)C(C)(C)C)cc1. The Balaban J connectivity index is 0.851. The highest BCUT2D eigenvalue weighted by atomic mass is 32.1. The number of halogens is 4. The number of benzene rings is 4. The van der Waals surface area contributed by atoms with Gasteiger partial charge in [0.25, 0.3) is 5.91 Å². The second kappa shape index (κ2) is 21.9. The number of carbonyl (C=O) groups excluding carboxylic acids is 4. The fourth-order valence-electron chi connectivity index (χ4n) is 8.92. The first-order valence-electron chi connectivity index (χ1n) is 23.8. The van der Waals surface area contributed by atoms with Crippen molar-refractivity contribution < 1.29 is 50.6 Å². The Bertz CT molecular complexity index is 2910. The Morgan fingerprint density at radius 1 is 0.945 bits per heavy atom. The van der Waals surface area contributed by atoms with Crippen LogP contribution in [0.3, 0.4) is 0 Å². The number of hydrogen-bond acceptors (Lipinski definition) is 10. The molecule has 1 aromatic heterocycles. The van der Waals surface area contributed by atoms with E-state index in [-0.39, 0.29) is 47.6 Å². The fraction of sp³-hybridized carbons (Fsp3) is 0.389. The number of carbonyl (C=O) groups is 4. The number of ether oxygens (including phenoxy) is 2. The summed E-state index contributed by atoms with van der Waals surface area (Å²) >= 11 is 5.57. The maximum atomic E-state index is 15.9. The van der Waals surface area contributed by atoms with Gasteiger partial charge in [-0.05, 0) is 130 Å². The summed E-state index contributed by atoms with van der Waals surface area (Å²) < 4.78 is 74.3. The normalized spacial score (nSPS) is 16.6. The van der Waals surface area contributed by atoms with Crippen LogP contribution in [-0.2, 0) is 30.1 Å². The highest BCUT2D eigenvalue weighted by Gasteiger charge is 2.51. The highest BCUT2D eigenvalue weighted by molar-refractivity contribution is 7.81. The van der Waals surface area contributed by atoms with Gasteiger partial charge >= 0.3 is 6.18 Å². The third-order valence-corrected chi connectivity index (χ3v) is 13.3. The molecule has 2 aliphatic rings. The Hall–Kier alpha value is -7.17. The quantitative estimate of drug-likeness (QED) is 0.0516. The summed E-state index contributed by atoms with van der Waals surface area (Å²) in [5, 5.41) is 14.9. The number of aryl methyl sites for hydroxylation is 1. The smallest absolute Gasteiger partial charge is 0.417 e. The first kappa shape index (κ1) is 53.6. The van der Waals surface area contributed by atoms with E-state index in [0.717, 1.165) is 27.8 Å². The summed E-state index contributed by atoms with van der Waals surface area (Å²) in [5.74, 6) is -1.19. The molecular weight excluding hydrogens is 967 g/mol. The van der Waals surface area contributed by atoms with Crippen LogP contribution in [0.25, 0.3) is 22.5 Å². The molecular formula is C54H57F4N7O7S. The molecule has 0 bridgehead atoms. The number of nitriles is 1. The minimum atomic E-state index is -4.87. The second-order valence-electron chi connectivity index (χ2n) is 19.6. The lowest BCUT2D eigenvalue weighted by Crippen LogP contribution is -2.58. The van der Waals surface area contributed by atoms with Gasteiger partial charge in [0.2, 0.25) is 17.7 Å². The molecule has 2 aliphatic heterocycles. The number of nitrogens with zero attached hydrogens (tertiary/aromatic N) is 5. The predicted molar refractivity (Wildman–Crippen MR) is 270 cm³/mol. The van der Waals surface area contributed by atoms with Gasteiger partial charge in [-0.15, -0.1) is 0 Å². The third kappa shape index (κ3) is 11.9. The van der Waals surface area contributed by atoms with E-state index in [1.807, 2.05) is 58.9 Å². The van der Waals surface area contributed by atoms with Gasteiger partial charge in [0.05, 0.1) is 46.9 Å². The van der Waals surface area contributed by atoms with E-state index in [0.29, 0.717) is 67.5 Å². The van der Waals surface area contributed by atoms with Gasteiger partial charge in [-0.1, -0.05) is 63.2 Å². The topological polar surface area (TPSA) is 170 Å². The number of alkyl halides is 3. The van der Waals surface area contributed by atoms with Gasteiger partial charge < -0.3 is 34.3 Å². The van der Waals surface area contributed by atoms with Crippen molar-refractivity contribution in [1.29, 1.82) is 5.26 Å². The highest BCUT2D eigenvalue weighted by Crippen LogP contribution is 2.41. The van der Waals surface area contributed by atoms with Crippen molar-refractivity contribution in [3.05, 3.63) is 120 Å². The Morgan fingerprint density at radius 3 is 2.25 bits per heavy atom. The average molecular weight is 1020 g/mol. The number of nitrogens with one attached hydrogen (secondary N) is 2. The van der Waals surface area contributed by atoms with Crippen molar-refractivity contribution in [2.45, 2.75) is 104 Å². The van der Waals surface area contributed by atoms with Crippen molar-refractivity contribution in [2.75, 3.05) is 36.2 Å². The number of likely N-dealkylation sites (tertiary alicyclic amines) is 1. The molecule has 7 rings (SSSR count). The fourth-order valence-corrected chi connectivity index (χ4v) is 9.43. The first-order chi connectivity index (χ1) is 34.5. The van der Waals surface area contributed by atoms with Crippen LogP contribution in [0.2, 0.25) is 0 Å². The molecule has 2 saturated heterocycles. The number of rotatable bonds is 17. The number of aromatic nitrogens is 1. The van der Waals surface area contributed by atoms with Crippen molar-refractivity contribution in [1.82, 2.24) is 20.5 Å². The monoisotopic (exact) mass is 1020 g/mol. The lowest BCUT2D eigenvalue weighted by Gasteiger charge is -2.35. The molecule has 4 aromatic carbocycles. The first-order valence-corrected chi connectivity index (χ1v) is 24.2. The molecule has 14 nitrogen and oxygen atoms in total. The number of thiocarbonyl (C=S) groups is 1. The molecule has 1 unspecified atom stereocenters. The molecule has 384 valence electrons. The van der Waals surface area contributed by atoms with Crippen molar-refractivity contribution >= 4 is 52.3 Å². The van der Waals surface area contributed by atoms with Gasteiger partial charge in [-0.2, -0.15) is 18.4 Å². The summed E-state index contributed by atoms with van der Waals surface area (Å²) in [7, 11) is 0. The largest absolute Gasteiger partial charge is 0.494 e. The maximum Gasteiger partial charge on any atom is 0.417 e. The van der Waals surface area contributed by atoms with E-state index in [1.165, 1.54) is 49.4 Å². The van der Waals surface area contributed by atoms with Gasteiger partial charge in [-0.25, -0.2) is 9.37 Å². The average Bonchev–Trinajstić information content (AvgIpc) is 4.06. The lowest BCUT2D eigenvalue weighted by atomic mass is 9.85. The van der Waals surface area contributed by atoms with Crippen LogP contribution < -0.4 is 25.2 Å². The standard InChI is InChI=1S/C54H57F4N7O7S/c1-32(34-12-14-36(15-13-34)46-33(2)60-31-72-46)61-48(67)44-11-10-24-63(44)49(68)47(52(3,4)5)62-45(66)30-70-25-8-9-26-71-40-21-17-35(18-22-40)37-19-23-43(42(55)27-37)65-51(73)64(50(69)53(65,6)7)39-20-16-38(29-59)41(28-39)54(56,57)58/h12-23,27-28,31-32,44,47H,8-11,24-26,30H2,1-7H3,(H,61,67)(H,62,66)/t32-,44-,47?/m0/s1. The van der Waals surface area contributed by atoms with Crippen LogP contribution in [-0.4, -0.2) is 82.6 Å². The van der Waals surface area contributed by atoms with E-state index >= 15 is 4.39 Å². The van der Waals surface area contributed by atoms with Crippen molar-refractivity contribution in [3.63, 3.8) is 0 Å². The molecule has 3 atom stereocenters. The lowest BCUT2D eigenvalue weighted by molar-refractivity contribution is -0.144. The summed E-state index contributed by atoms with van der Waals surface area (Å²) in [6, 6.07) is 21.5. The number of anilines is 2. The summed E-state index contributed by atoms with van der Waals surface area (Å²) in [4.78, 5) is 62.3. The summed E-state index contributed by atoms with van der Waals surface area (Å²) in [6.45, 7) is 13.0.